The van der Waals surface area contributed by atoms with Crippen LogP contribution in [0.1, 0.15) is 17.7 Å². The average Bonchev–Trinajstić information content (AvgIpc) is 3.35. The summed E-state index contributed by atoms with van der Waals surface area (Å²) in [5.74, 6) is -2.45. The van der Waals surface area contributed by atoms with Gasteiger partial charge in [0, 0.05) is 24.0 Å². The van der Waals surface area contributed by atoms with E-state index in [1.807, 2.05) is 0 Å². The highest BCUT2D eigenvalue weighted by atomic mass is 32.2. The lowest BCUT2D eigenvalue weighted by Gasteiger charge is -2.49. The number of aliphatic carboxylic acids is 1. The van der Waals surface area contributed by atoms with Crippen molar-refractivity contribution in [2.75, 3.05) is 32.8 Å². The first kappa shape index (κ1) is 28.5. The number of thioether (sulfide) groups is 1. The van der Waals surface area contributed by atoms with Crippen LogP contribution in [0.3, 0.4) is 0 Å². The molecule has 3 heterocycles. The van der Waals surface area contributed by atoms with Gasteiger partial charge < -0.3 is 20.4 Å². The Hall–Kier alpha value is -3.47. The molecule has 0 radical (unpaired) electrons. The van der Waals surface area contributed by atoms with Crippen LogP contribution in [0.5, 0.6) is 5.75 Å². The summed E-state index contributed by atoms with van der Waals surface area (Å²) in [5, 5.41) is 15.0. The average molecular weight is 596 g/mol. The van der Waals surface area contributed by atoms with Crippen molar-refractivity contribution in [3.8, 4) is 5.75 Å². The van der Waals surface area contributed by atoms with Crippen molar-refractivity contribution >= 4 is 61.6 Å². The molecule has 1 amide bonds. The molecular formula is C23H25N5O8S3. The van der Waals surface area contributed by atoms with E-state index >= 15 is 0 Å². The molecule has 0 aliphatic carbocycles. The van der Waals surface area contributed by atoms with Crippen LogP contribution in [-0.2, 0) is 35.7 Å². The molecule has 39 heavy (non-hydrogen) atoms. The third-order valence-corrected chi connectivity index (χ3v) is 9.69. The minimum absolute atomic E-state index is 0.00591. The van der Waals surface area contributed by atoms with Crippen LogP contribution in [-0.4, -0.2) is 79.2 Å². The molecule has 13 nitrogen and oxygen atoms in total. The number of Topliss-reactive ketones (excluding diaryl/α,β-unsaturated/α-hetero) is 1. The summed E-state index contributed by atoms with van der Waals surface area (Å²) < 4.78 is 32.2. The number of oxime groups is 1. The maximum absolute atomic E-state index is 13.2. The van der Waals surface area contributed by atoms with Gasteiger partial charge in [0.05, 0.1) is 23.3 Å². The number of hydrogen-bond acceptors (Lipinski definition) is 12. The molecular weight excluding hydrogens is 570 g/mol. The van der Waals surface area contributed by atoms with E-state index < -0.39 is 39.0 Å². The minimum atomic E-state index is -3.75. The number of methoxy groups -OCH3 is 1. The van der Waals surface area contributed by atoms with Crippen molar-refractivity contribution < 1.29 is 37.5 Å². The molecule has 4 rings (SSSR count). The van der Waals surface area contributed by atoms with E-state index in [0.29, 0.717) is 16.9 Å². The number of carboxylic acid groups (broad SMARTS) is 1. The third-order valence-electron chi connectivity index (χ3n) is 6.21. The van der Waals surface area contributed by atoms with Crippen molar-refractivity contribution in [2.45, 2.75) is 23.1 Å². The predicted molar refractivity (Wildman–Crippen MR) is 144 cm³/mol. The number of nitrogens with zero attached hydrogens (tertiary/aromatic N) is 3. The van der Waals surface area contributed by atoms with Gasteiger partial charge in [-0.05, 0) is 36.4 Å². The van der Waals surface area contributed by atoms with Gasteiger partial charge in [-0.2, -0.15) is 0 Å². The minimum Gasteiger partial charge on any atom is -0.496 e. The number of nitrogens with one attached hydrogen (secondary N) is 1. The number of fused-ring (bicyclic) bond motifs is 1. The maximum Gasteiger partial charge on any atom is 0.352 e. The Morgan fingerprint density at radius 1 is 1.33 bits per heavy atom. The number of rotatable bonds is 11. The number of carbonyl (C=O) groups excluding carboxylic acids is 2. The normalized spacial score (nSPS) is 19.4. The van der Waals surface area contributed by atoms with E-state index in [9.17, 15) is 27.9 Å². The van der Waals surface area contributed by atoms with Gasteiger partial charge in [-0.25, -0.2) is 22.9 Å². The molecule has 16 heteroatoms. The van der Waals surface area contributed by atoms with Crippen molar-refractivity contribution in [3.05, 3.63) is 46.1 Å². The zero-order valence-electron chi connectivity index (χ0n) is 21.0. The van der Waals surface area contributed by atoms with Gasteiger partial charge >= 0.3 is 5.97 Å². The Morgan fingerprint density at radius 3 is 2.67 bits per heavy atom. The summed E-state index contributed by atoms with van der Waals surface area (Å²) in [7, 11) is 0.235. The van der Waals surface area contributed by atoms with Gasteiger partial charge in [-0.3, -0.25) is 14.5 Å². The van der Waals surface area contributed by atoms with E-state index in [-0.39, 0.29) is 45.7 Å². The van der Waals surface area contributed by atoms with Crippen molar-refractivity contribution in [1.82, 2.24) is 14.6 Å². The van der Waals surface area contributed by atoms with E-state index in [1.54, 1.807) is 5.38 Å². The lowest BCUT2D eigenvalue weighted by Crippen LogP contribution is -2.62. The van der Waals surface area contributed by atoms with E-state index in [4.69, 9.17) is 15.3 Å². The standard InChI is InChI=1S/C23H25N5O8S3/c1-25-39(33,34)13-4-5-17(35-2)11(7-13)6-12-9-37-21-14(20(30)28(21)19(12)22(31)32)8-16(29)18(27-36-3)15-10-38-23(24)26-15/h4-5,7,10,14,21,25H,6,8-9H2,1-3H3,(H2,24,26)(H,31,32)/b27-18-/t14-,21-/m1/s1. The topological polar surface area (TPSA) is 191 Å². The van der Waals surface area contributed by atoms with Crippen LogP contribution in [0.2, 0.25) is 0 Å². The molecule has 1 fully saturated rings. The number of carboxylic acids is 1. The van der Waals surface area contributed by atoms with Crippen LogP contribution < -0.4 is 15.2 Å². The van der Waals surface area contributed by atoms with E-state index in [1.165, 1.54) is 56.1 Å². The molecule has 2 atom stereocenters. The van der Waals surface area contributed by atoms with Gasteiger partial charge in [0.1, 0.15) is 24.3 Å². The van der Waals surface area contributed by atoms with Crippen molar-refractivity contribution in [2.24, 2.45) is 11.1 Å². The zero-order chi connectivity index (χ0) is 28.5. The highest BCUT2D eigenvalue weighted by molar-refractivity contribution is 8.00. The SMILES string of the molecule is CNS(=O)(=O)c1ccc(OC)c(CC2=C(C(=O)O)N3C(=O)[C@@H](CC(=O)/C(=N\OC)c4csc(N)n4)[C@H]3SC2)c1. The molecule has 208 valence electrons. The third kappa shape index (κ3) is 5.50. The summed E-state index contributed by atoms with van der Waals surface area (Å²) in [6.07, 6.45) is -0.173. The zero-order valence-corrected chi connectivity index (χ0v) is 23.5. The number of ether oxygens (including phenoxy) is 1. The second-order valence-electron chi connectivity index (χ2n) is 8.45. The molecule has 1 aromatic heterocycles. The maximum atomic E-state index is 13.2. The van der Waals surface area contributed by atoms with Crippen LogP contribution >= 0.6 is 23.1 Å². The summed E-state index contributed by atoms with van der Waals surface area (Å²) >= 11 is 2.45. The van der Waals surface area contributed by atoms with Gasteiger partial charge in [-0.15, -0.1) is 23.1 Å². The number of hydrogen-bond donors (Lipinski definition) is 3. The molecule has 4 N–H and O–H groups in total. The highest BCUT2D eigenvalue weighted by Gasteiger charge is 2.54. The van der Waals surface area contributed by atoms with Crippen LogP contribution in [0.15, 0.2) is 44.9 Å². The predicted octanol–water partition coefficient (Wildman–Crippen LogP) is 1.06. The summed E-state index contributed by atoms with van der Waals surface area (Å²) in [5.41, 5.74) is 6.50. The second kappa shape index (κ2) is 11.3. The Kier molecular flexibility index (Phi) is 8.29. The lowest BCUT2D eigenvalue weighted by atomic mass is 9.88. The molecule has 2 aliphatic heterocycles. The largest absolute Gasteiger partial charge is 0.496 e. The van der Waals surface area contributed by atoms with Crippen LogP contribution in [0.4, 0.5) is 5.13 Å². The number of aromatic nitrogens is 1. The fourth-order valence-corrected chi connectivity index (χ4v) is 7.13. The number of thiazole rings is 1. The Balaban J connectivity index is 1.60. The number of anilines is 1. The number of benzene rings is 1. The number of sulfonamides is 1. The summed E-state index contributed by atoms with van der Waals surface area (Å²) in [6.45, 7) is 0. The first-order valence-electron chi connectivity index (χ1n) is 11.4. The number of β-lactam (4-membered cyclic amide) rings is 1. The molecule has 1 aromatic carbocycles. The highest BCUT2D eigenvalue weighted by Crippen LogP contribution is 2.46. The first-order chi connectivity index (χ1) is 18.5. The molecule has 0 spiro atoms. The first-order valence-corrected chi connectivity index (χ1v) is 14.8. The Labute approximate surface area is 232 Å². The van der Waals surface area contributed by atoms with Gasteiger partial charge in [0.25, 0.3) is 0 Å². The Bertz CT molecular complexity index is 1500. The van der Waals surface area contributed by atoms with Crippen LogP contribution in [0, 0.1) is 5.92 Å². The van der Waals surface area contributed by atoms with Crippen molar-refractivity contribution in [1.29, 1.82) is 0 Å². The molecule has 0 bridgehead atoms. The molecule has 0 saturated carbocycles. The van der Waals surface area contributed by atoms with Gasteiger partial charge in [-0.1, -0.05) is 5.16 Å². The fourth-order valence-electron chi connectivity index (χ4n) is 4.39. The van der Waals surface area contributed by atoms with Crippen molar-refractivity contribution in [3.63, 3.8) is 0 Å². The van der Waals surface area contributed by atoms with E-state index in [0.717, 1.165) is 11.3 Å². The van der Waals surface area contributed by atoms with Gasteiger partial charge in [0.15, 0.2) is 16.6 Å². The van der Waals surface area contributed by atoms with Gasteiger partial charge in [0.2, 0.25) is 15.9 Å². The van der Waals surface area contributed by atoms with E-state index in [2.05, 4.69) is 14.9 Å². The monoisotopic (exact) mass is 595 g/mol. The quantitative estimate of drug-likeness (QED) is 0.191. The molecule has 2 aromatic rings. The number of amides is 1. The molecule has 1 saturated heterocycles. The smallest absolute Gasteiger partial charge is 0.352 e. The fraction of sp³-hybridized carbons (Fsp3) is 0.348. The summed E-state index contributed by atoms with van der Waals surface area (Å²) in [4.78, 5) is 48.5. The molecule has 0 unspecified atom stereocenters. The second-order valence-corrected chi connectivity index (χ2v) is 12.3. The Morgan fingerprint density at radius 2 is 2.08 bits per heavy atom. The number of carbonyl (C=O) groups is 3. The summed E-state index contributed by atoms with van der Waals surface area (Å²) in [6, 6.07) is 4.29. The number of nitrogen functional groups attached to an aromatic ring is 1. The number of nitrogens with two attached hydrogens (primary N) is 1. The number of ketones is 1. The molecule has 2 aliphatic rings. The lowest BCUT2D eigenvalue weighted by molar-refractivity contribution is -0.153. The van der Waals surface area contributed by atoms with Crippen LogP contribution in [0.25, 0.3) is 0 Å².